The summed E-state index contributed by atoms with van der Waals surface area (Å²) in [4.78, 5) is 22.9. The van der Waals surface area contributed by atoms with E-state index in [0.717, 1.165) is 42.0 Å². The molecule has 2 aromatic heterocycles. The van der Waals surface area contributed by atoms with Crippen LogP contribution in [0.25, 0.3) is 10.2 Å². The molecule has 4 rings (SSSR count). The molecule has 1 aliphatic heterocycles. The monoisotopic (exact) mass is 302 g/mol. The maximum atomic E-state index is 11.9. The number of aryl methyl sites for hydroxylation is 1. The first kappa shape index (κ1) is 13.0. The van der Waals surface area contributed by atoms with Gasteiger partial charge in [0, 0.05) is 19.0 Å². The largest absolute Gasteiger partial charge is 0.351 e. The molecule has 1 saturated carbocycles. The molecule has 110 valence electrons. The number of hydrogen-bond donors (Lipinski definition) is 1. The summed E-state index contributed by atoms with van der Waals surface area (Å²) >= 11 is 1.70. The Morgan fingerprint density at radius 1 is 1.38 bits per heavy atom. The van der Waals surface area contributed by atoms with E-state index in [9.17, 15) is 4.79 Å². The van der Waals surface area contributed by atoms with Crippen LogP contribution in [-0.4, -0.2) is 35.0 Å². The van der Waals surface area contributed by atoms with Gasteiger partial charge < -0.3 is 10.2 Å². The number of thiophene rings is 1. The van der Waals surface area contributed by atoms with E-state index in [4.69, 9.17) is 0 Å². The predicted octanol–water partition coefficient (Wildman–Crippen LogP) is 2.10. The summed E-state index contributed by atoms with van der Waals surface area (Å²) in [5.41, 5.74) is 2.25. The molecule has 6 heteroatoms. The molecule has 2 aromatic rings. The Hall–Kier alpha value is -1.69. The van der Waals surface area contributed by atoms with E-state index in [-0.39, 0.29) is 17.9 Å². The standard InChI is InChI=1S/C15H18N4OS/c1-9-7-21-13-12(9)16-8-17-14(13)19-5-11(6-19)18-15(20)10-3-2-4-10/h7-8,10-11H,2-6H2,1H3,(H,18,20). The third-order valence-electron chi connectivity index (χ3n) is 4.52. The molecular formula is C15H18N4OS. The van der Waals surface area contributed by atoms with Crippen LogP contribution in [0, 0.1) is 12.8 Å². The summed E-state index contributed by atoms with van der Waals surface area (Å²) in [6, 6.07) is 0.268. The molecule has 1 saturated heterocycles. The third-order valence-corrected chi connectivity index (χ3v) is 5.60. The SMILES string of the molecule is Cc1csc2c(N3CC(NC(=O)C4CCC4)C3)ncnc12. The van der Waals surface area contributed by atoms with Gasteiger partial charge in [-0.3, -0.25) is 4.79 Å². The highest BCUT2D eigenvalue weighted by Gasteiger charge is 2.33. The number of nitrogens with zero attached hydrogens (tertiary/aromatic N) is 3. The van der Waals surface area contributed by atoms with Crippen molar-refractivity contribution < 1.29 is 4.79 Å². The maximum absolute atomic E-state index is 11.9. The second kappa shape index (κ2) is 4.94. The van der Waals surface area contributed by atoms with Gasteiger partial charge >= 0.3 is 0 Å². The fourth-order valence-electron chi connectivity index (χ4n) is 2.91. The molecule has 1 amide bonds. The van der Waals surface area contributed by atoms with Gasteiger partial charge in [-0.1, -0.05) is 6.42 Å². The minimum Gasteiger partial charge on any atom is -0.351 e. The van der Waals surface area contributed by atoms with Crippen LogP contribution in [0.15, 0.2) is 11.7 Å². The third kappa shape index (κ3) is 2.18. The van der Waals surface area contributed by atoms with Crippen LogP contribution in [0.5, 0.6) is 0 Å². The van der Waals surface area contributed by atoms with E-state index in [1.165, 1.54) is 12.0 Å². The molecule has 3 heterocycles. The van der Waals surface area contributed by atoms with Gasteiger partial charge in [-0.25, -0.2) is 9.97 Å². The Morgan fingerprint density at radius 2 is 2.19 bits per heavy atom. The number of rotatable bonds is 3. The molecule has 0 radical (unpaired) electrons. The first-order chi connectivity index (χ1) is 10.2. The molecule has 2 fully saturated rings. The minimum absolute atomic E-state index is 0.241. The van der Waals surface area contributed by atoms with Gasteiger partial charge in [0.25, 0.3) is 0 Å². The summed E-state index contributed by atoms with van der Waals surface area (Å²) in [5.74, 6) is 1.52. The first-order valence-electron chi connectivity index (χ1n) is 7.46. The number of aromatic nitrogens is 2. The normalized spacial score (nSPS) is 19.4. The number of fused-ring (bicyclic) bond motifs is 1. The number of hydrogen-bond acceptors (Lipinski definition) is 5. The molecule has 0 spiro atoms. The van der Waals surface area contributed by atoms with Gasteiger partial charge in [0.2, 0.25) is 5.91 Å². The molecule has 0 aromatic carbocycles. The molecule has 1 aliphatic carbocycles. The van der Waals surface area contributed by atoms with Gasteiger partial charge in [0.05, 0.1) is 16.3 Å². The van der Waals surface area contributed by atoms with Crippen molar-refractivity contribution in [2.75, 3.05) is 18.0 Å². The van der Waals surface area contributed by atoms with Gasteiger partial charge in [0.15, 0.2) is 0 Å². The fourth-order valence-corrected chi connectivity index (χ4v) is 3.93. The predicted molar refractivity (Wildman–Crippen MR) is 83.6 cm³/mol. The van der Waals surface area contributed by atoms with Crippen molar-refractivity contribution in [2.24, 2.45) is 5.92 Å². The van der Waals surface area contributed by atoms with E-state index in [2.05, 4.69) is 32.5 Å². The summed E-state index contributed by atoms with van der Waals surface area (Å²) in [5, 5.41) is 5.27. The Morgan fingerprint density at radius 3 is 2.90 bits per heavy atom. The Kier molecular flexibility index (Phi) is 3.06. The molecular weight excluding hydrogens is 284 g/mol. The minimum atomic E-state index is 0.241. The van der Waals surface area contributed by atoms with Crippen molar-refractivity contribution in [3.63, 3.8) is 0 Å². The van der Waals surface area contributed by atoms with Crippen molar-refractivity contribution in [1.82, 2.24) is 15.3 Å². The average molecular weight is 302 g/mol. The summed E-state index contributed by atoms with van der Waals surface area (Å²) in [7, 11) is 0. The highest BCUT2D eigenvalue weighted by atomic mass is 32.1. The molecule has 2 aliphatic rings. The lowest BCUT2D eigenvalue weighted by Gasteiger charge is -2.41. The van der Waals surface area contributed by atoms with Crippen LogP contribution >= 0.6 is 11.3 Å². The maximum Gasteiger partial charge on any atom is 0.223 e. The quantitative estimate of drug-likeness (QED) is 0.943. The van der Waals surface area contributed by atoms with Gasteiger partial charge in [-0.15, -0.1) is 11.3 Å². The summed E-state index contributed by atoms with van der Waals surface area (Å²) < 4.78 is 1.15. The molecule has 0 bridgehead atoms. The van der Waals surface area contributed by atoms with Gasteiger partial charge in [-0.05, 0) is 30.7 Å². The zero-order valence-corrected chi connectivity index (χ0v) is 12.8. The highest BCUT2D eigenvalue weighted by molar-refractivity contribution is 7.18. The van der Waals surface area contributed by atoms with Crippen LogP contribution in [0.3, 0.4) is 0 Å². The van der Waals surface area contributed by atoms with Gasteiger partial charge in [0.1, 0.15) is 12.1 Å². The number of anilines is 1. The Labute approximate surface area is 127 Å². The van der Waals surface area contributed by atoms with Crippen LogP contribution in [0.4, 0.5) is 5.82 Å². The van der Waals surface area contributed by atoms with E-state index < -0.39 is 0 Å². The summed E-state index contributed by atoms with van der Waals surface area (Å²) in [6.45, 7) is 3.77. The number of amides is 1. The van der Waals surface area contributed by atoms with E-state index in [0.29, 0.717) is 0 Å². The lowest BCUT2D eigenvalue weighted by Crippen LogP contribution is -2.60. The van der Waals surface area contributed by atoms with Crippen LogP contribution < -0.4 is 10.2 Å². The topological polar surface area (TPSA) is 58.1 Å². The highest BCUT2D eigenvalue weighted by Crippen LogP contribution is 2.33. The van der Waals surface area contributed by atoms with Crippen LogP contribution in [0.2, 0.25) is 0 Å². The van der Waals surface area contributed by atoms with E-state index >= 15 is 0 Å². The first-order valence-corrected chi connectivity index (χ1v) is 8.34. The fraction of sp³-hybridized carbons (Fsp3) is 0.533. The van der Waals surface area contributed by atoms with E-state index in [1.807, 2.05) is 0 Å². The van der Waals surface area contributed by atoms with Crippen molar-refractivity contribution in [1.29, 1.82) is 0 Å². The molecule has 21 heavy (non-hydrogen) atoms. The molecule has 1 N–H and O–H groups in total. The second-order valence-electron chi connectivity index (χ2n) is 6.03. The number of nitrogens with one attached hydrogen (secondary N) is 1. The van der Waals surface area contributed by atoms with Crippen LogP contribution in [-0.2, 0) is 4.79 Å². The Bertz CT molecular complexity index is 688. The summed E-state index contributed by atoms with van der Waals surface area (Å²) in [6.07, 6.45) is 4.95. The molecule has 5 nitrogen and oxygen atoms in total. The van der Waals surface area contributed by atoms with Crippen molar-refractivity contribution in [3.8, 4) is 0 Å². The smallest absolute Gasteiger partial charge is 0.223 e. The van der Waals surface area contributed by atoms with Gasteiger partial charge in [-0.2, -0.15) is 0 Å². The van der Waals surface area contributed by atoms with Crippen LogP contribution in [0.1, 0.15) is 24.8 Å². The van der Waals surface area contributed by atoms with Crippen molar-refractivity contribution >= 4 is 33.3 Å². The van der Waals surface area contributed by atoms with Crippen molar-refractivity contribution in [3.05, 3.63) is 17.3 Å². The molecule has 0 atom stereocenters. The van der Waals surface area contributed by atoms with E-state index in [1.54, 1.807) is 17.7 Å². The number of carbonyl (C=O) groups is 1. The Balaban J connectivity index is 1.43. The lowest BCUT2D eigenvalue weighted by atomic mass is 9.84. The second-order valence-corrected chi connectivity index (χ2v) is 6.91. The van der Waals surface area contributed by atoms with Crippen molar-refractivity contribution in [2.45, 2.75) is 32.2 Å². The average Bonchev–Trinajstić information content (AvgIpc) is 2.74. The zero-order chi connectivity index (χ0) is 14.4. The number of carbonyl (C=O) groups excluding carboxylic acids is 1. The zero-order valence-electron chi connectivity index (χ0n) is 12.0. The molecule has 0 unspecified atom stereocenters. The lowest BCUT2D eigenvalue weighted by molar-refractivity contribution is -0.128.